The highest BCUT2D eigenvalue weighted by atomic mass is 35.5. The summed E-state index contributed by atoms with van der Waals surface area (Å²) < 4.78 is 19.6. The predicted octanol–water partition coefficient (Wildman–Crippen LogP) is 6.96. The molecule has 1 fully saturated rings. The SMILES string of the molecule is CCC(C(=O)Nc1ccc(Cl)cc1)[C@H]1CC[C@@H](Oc2cc(CF)nc3ccccc23)CC1. The fraction of sp³-hybridized carbons (Fsp3) is 0.385. The lowest BCUT2D eigenvalue weighted by Gasteiger charge is -2.33. The number of hydrogen-bond donors (Lipinski definition) is 1. The lowest BCUT2D eigenvalue weighted by atomic mass is 9.77. The molecule has 2 aromatic carbocycles. The molecular formula is C26H28ClFN2O2. The average Bonchev–Trinajstić information content (AvgIpc) is 2.82. The van der Waals surface area contributed by atoms with Crippen molar-refractivity contribution in [1.82, 2.24) is 4.98 Å². The normalized spacial score (nSPS) is 19.5. The first-order valence-electron chi connectivity index (χ1n) is 11.2. The van der Waals surface area contributed by atoms with E-state index in [9.17, 15) is 9.18 Å². The van der Waals surface area contributed by atoms with Crippen molar-refractivity contribution < 1.29 is 13.9 Å². The Labute approximate surface area is 193 Å². The van der Waals surface area contributed by atoms with E-state index in [1.807, 2.05) is 36.4 Å². The monoisotopic (exact) mass is 454 g/mol. The van der Waals surface area contributed by atoms with Crippen LogP contribution in [0.2, 0.25) is 5.02 Å². The molecule has 168 valence electrons. The molecular weight excluding hydrogens is 427 g/mol. The summed E-state index contributed by atoms with van der Waals surface area (Å²) in [6, 6.07) is 16.6. The molecule has 1 heterocycles. The van der Waals surface area contributed by atoms with Gasteiger partial charge in [0.05, 0.1) is 17.3 Å². The third kappa shape index (κ3) is 5.21. The molecule has 6 heteroatoms. The average molecular weight is 455 g/mol. The van der Waals surface area contributed by atoms with Gasteiger partial charge in [0.25, 0.3) is 0 Å². The zero-order valence-electron chi connectivity index (χ0n) is 18.2. The third-order valence-corrected chi connectivity index (χ3v) is 6.59. The standard InChI is InChI=1S/C26H28ClFN2O2/c1-2-22(26(31)30-19-11-9-18(27)10-12-19)17-7-13-21(14-8-17)32-25-15-20(16-28)29-24-6-4-3-5-23(24)25/h3-6,9-12,15,17,21-22H,2,7-8,13-14,16H2,1H3,(H,30,31)/t17-,21+,22?. The van der Waals surface area contributed by atoms with Gasteiger partial charge in [-0.2, -0.15) is 0 Å². The van der Waals surface area contributed by atoms with Gasteiger partial charge in [-0.25, -0.2) is 9.37 Å². The number of aromatic nitrogens is 1. The van der Waals surface area contributed by atoms with E-state index in [0.29, 0.717) is 22.4 Å². The number of ether oxygens (including phenoxy) is 1. The van der Waals surface area contributed by atoms with Crippen molar-refractivity contribution in [3.63, 3.8) is 0 Å². The van der Waals surface area contributed by atoms with Crippen LogP contribution in [0.15, 0.2) is 54.6 Å². The molecule has 1 amide bonds. The predicted molar refractivity (Wildman–Crippen MR) is 127 cm³/mol. The Bertz CT molecular complexity index is 1070. The Kier molecular flexibility index (Phi) is 7.26. The number of nitrogens with zero attached hydrogens (tertiary/aromatic N) is 1. The largest absolute Gasteiger partial charge is 0.490 e. The second-order valence-electron chi connectivity index (χ2n) is 8.43. The molecule has 0 spiro atoms. The third-order valence-electron chi connectivity index (χ3n) is 6.34. The Morgan fingerprint density at radius 2 is 1.88 bits per heavy atom. The summed E-state index contributed by atoms with van der Waals surface area (Å²) in [6.45, 7) is 1.45. The minimum Gasteiger partial charge on any atom is -0.490 e. The lowest BCUT2D eigenvalue weighted by Crippen LogP contribution is -2.34. The second-order valence-corrected chi connectivity index (χ2v) is 8.86. The molecule has 4 rings (SSSR count). The first-order valence-corrected chi connectivity index (χ1v) is 11.6. The highest BCUT2D eigenvalue weighted by molar-refractivity contribution is 6.30. The van der Waals surface area contributed by atoms with Gasteiger partial charge in [0.15, 0.2) is 0 Å². The molecule has 1 saturated carbocycles. The Morgan fingerprint density at radius 3 is 2.56 bits per heavy atom. The van der Waals surface area contributed by atoms with Crippen LogP contribution in [0.5, 0.6) is 5.75 Å². The van der Waals surface area contributed by atoms with E-state index in [1.54, 1.807) is 18.2 Å². The summed E-state index contributed by atoms with van der Waals surface area (Å²) in [4.78, 5) is 17.2. The molecule has 4 nitrogen and oxygen atoms in total. The summed E-state index contributed by atoms with van der Waals surface area (Å²) in [5.41, 5.74) is 1.90. The van der Waals surface area contributed by atoms with Crippen LogP contribution >= 0.6 is 11.6 Å². The number of halogens is 2. The van der Waals surface area contributed by atoms with Gasteiger partial charge < -0.3 is 10.1 Å². The Hall–Kier alpha value is -2.66. The molecule has 3 aromatic rings. The highest BCUT2D eigenvalue weighted by Gasteiger charge is 2.32. The van der Waals surface area contributed by atoms with E-state index < -0.39 is 6.67 Å². The minimum atomic E-state index is -0.616. The number of para-hydroxylation sites is 1. The van der Waals surface area contributed by atoms with Crippen molar-refractivity contribution in [2.24, 2.45) is 11.8 Å². The van der Waals surface area contributed by atoms with Crippen molar-refractivity contribution in [2.45, 2.75) is 51.8 Å². The molecule has 1 aromatic heterocycles. The van der Waals surface area contributed by atoms with E-state index in [0.717, 1.165) is 48.7 Å². The summed E-state index contributed by atoms with van der Waals surface area (Å²) in [5.74, 6) is 1.04. The lowest BCUT2D eigenvalue weighted by molar-refractivity contribution is -0.122. The Balaban J connectivity index is 1.38. The number of alkyl halides is 1. The van der Waals surface area contributed by atoms with Crippen molar-refractivity contribution in [1.29, 1.82) is 0 Å². The zero-order chi connectivity index (χ0) is 22.5. The smallest absolute Gasteiger partial charge is 0.227 e. The molecule has 1 unspecified atom stereocenters. The number of carbonyl (C=O) groups is 1. The molecule has 0 saturated heterocycles. The van der Waals surface area contributed by atoms with Gasteiger partial charge in [-0.05, 0) is 74.4 Å². The molecule has 1 N–H and O–H groups in total. The molecule has 1 aliphatic rings. The molecule has 0 bridgehead atoms. The fourth-order valence-corrected chi connectivity index (χ4v) is 4.78. The van der Waals surface area contributed by atoms with E-state index >= 15 is 0 Å². The number of carbonyl (C=O) groups excluding carboxylic acids is 1. The highest BCUT2D eigenvalue weighted by Crippen LogP contribution is 2.36. The van der Waals surface area contributed by atoms with Crippen molar-refractivity contribution in [3.05, 3.63) is 65.3 Å². The van der Waals surface area contributed by atoms with Crippen LogP contribution in [-0.4, -0.2) is 17.0 Å². The van der Waals surface area contributed by atoms with Crippen LogP contribution in [0.25, 0.3) is 10.9 Å². The number of amides is 1. The summed E-state index contributed by atoms with van der Waals surface area (Å²) >= 11 is 5.93. The van der Waals surface area contributed by atoms with Crippen molar-refractivity contribution >= 4 is 34.1 Å². The zero-order valence-corrected chi connectivity index (χ0v) is 18.9. The van der Waals surface area contributed by atoms with Crippen LogP contribution in [0, 0.1) is 11.8 Å². The molecule has 1 atom stereocenters. The van der Waals surface area contributed by atoms with Crippen LogP contribution in [0.3, 0.4) is 0 Å². The van der Waals surface area contributed by atoms with Gasteiger partial charge in [-0.3, -0.25) is 4.79 Å². The summed E-state index contributed by atoms with van der Waals surface area (Å²) in [5, 5.41) is 4.58. The maximum Gasteiger partial charge on any atom is 0.227 e. The number of rotatable bonds is 7. The molecule has 0 radical (unpaired) electrons. The molecule has 0 aliphatic heterocycles. The molecule has 1 aliphatic carbocycles. The first-order chi connectivity index (χ1) is 15.6. The van der Waals surface area contributed by atoms with E-state index in [1.165, 1.54) is 0 Å². The van der Waals surface area contributed by atoms with Crippen LogP contribution in [0.4, 0.5) is 10.1 Å². The Morgan fingerprint density at radius 1 is 1.16 bits per heavy atom. The quantitative estimate of drug-likeness (QED) is 0.419. The maximum absolute atomic E-state index is 13.3. The van der Waals surface area contributed by atoms with Gasteiger partial charge in [0.1, 0.15) is 12.4 Å². The number of fused-ring (bicyclic) bond motifs is 1. The topological polar surface area (TPSA) is 51.2 Å². The van der Waals surface area contributed by atoms with Gasteiger partial charge in [0, 0.05) is 28.1 Å². The van der Waals surface area contributed by atoms with E-state index in [2.05, 4.69) is 17.2 Å². The van der Waals surface area contributed by atoms with Crippen LogP contribution in [-0.2, 0) is 11.5 Å². The van der Waals surface area contributed by atoms with Gasteiger partial charge >= 0.3 is 0 Å². The maximum atomic E-state index is 13.3. The van der Waals surface area contributed by atoms with Gasteiger partial charge in [0.2, 0.25) is 5.91 Å². The van der Waals surface area contributed by atoms with E-state index in [-0.39, 0.29) is 17.9 Å². The summed E-state index contributed by atoms with van der Waals surface area (Å²) in [7, 11) is 0. The summed E-state index contributed by atoms with van der Waals surface area (Å²) in [6.07, 6.45) is 4.45. The second kappa shape index (κ2) is 10.3. The van der Waals surface area contributed by atoms with Gasteiger partial charge in [-0.15, -0.1) is 0 Å². The number of benzene rings is 2. The number of pyridine rings is 1. The first kappa shape index (κ1) is 22.5. The van der Waals surface area contributed by atoms with Crippen LogP contribution in [0.1, 0.15) is 44.7 Å². The molecule has 32 heavy (non-hydrogen) atoms. The number of anilines is 1. The van der Waals surface area contributed by atoms with Crippen molar-refractivity contribution in [2.75, 3.05) is 5.32 Å². The van der Waals surface area contributed by atoms with E-state index in [4.69, 9.17) is 16.3 Å². The fourth-order valence-electron chi connectivity index (χ4n) is 4.65. The minimum absolute atomic E-state index is 0.0356. The van der Waals surface area contributed by atoms with Crippen molar-refractivity contribution in [3.8, 4) is 5.75 Å². The van der Waals surface area contributed by atoms with Crippen LogP contribution < -0.4 is 10.1 Å². The number of hydrogen-bond acceptors (Lipinski definition) is 3. The number of nitrogens with one attached hydrogen (secondary N) is 1. The van der Waals surface area contributed by atoms with Gasteiger partial charge in [-0.1, -0.05) is 30.7 Å².